The first kappa shape index (κ1) is 11.7. The van der Waals surface area contributed by atoms with Crippen molar-refractivity contribution in [3.8, 4) is 10.7 Å². The predicted octanol–water partition coefficient (Wildman–Crippen LogP) is 3.25. The molecule has 3 nitrogen and oxygen atoms in total. The molecule has 86 valence electrons. The maximum absolute atomic E-state index is 4.61. The summed E-state index contributed by atoms with van der Waals surface area (Å²) in [5, 5.41) is 9.64. The molecular weight excluding hydrogens is 238 g/mol. The van der Waals surface area contributed by atoms with Gasteiger partial charge in [0.05, 0.1) is 10.7 Å². The van der Waals surface area contributed by atoms with Crippen LogP contribution in [-0.2, 0) is 0 Å². The van der Waals surface area contributed by atoms with Crippen LogP contribution in [0.1, 0.15) is 30.6 Å². The van der Waals surface area contributed by atoms with E-state index >= 15 is 0 Å². The van der Waals surface area contributed by atoms with Gasteiger partial charge < -0.3 is 5.32 Å². The molecule has 1 unspecified atom stereocenters. The van der Waals surface area contributed by atoms with Crippen LogP contribution in [0.4, 0.5) is 0 Å². The van der Waals surface area contributed by atoms with Crippen LogP contribution < -0.4 is 5.32 Å². The fourth-order valence-electron chi connectivity index (χ4n) is 1.48. The van der Waals surface area contributed by atoms with Crippen LogP contribution in [0, 0.1) is 6.92 Å². The minimum Gasteiger partial charge on any atom is -0.309 e. The van der Waals surface area contributed by atoms with Crippen LogP contribution in [0.5, 0.6) is 0 Å². The van der Waals surface area contributed by atoms with Gasteiger partial charge in [-0.25, -0.2) is 9.97 Å². The van der Waals surface area contributed by atoms with E-state index in [0.717, 1.165) is 27.9 Å². The molecule has 0 spiro atoms. The summed E-state index contributed by atoms with van der Waals surface area (Å²) in [5.74, 6) is 0. The van der Waals surface area contributed by atoms with Crippen molar-refractivity contribution in [1.82, 2.24) is 15.3 Å². The second kappa shape index (κ2) is 5.03. The Labute approximate surface area is 104 Å². The van der Waals surface area contributed by atoms with Crippen LogP contribution in [0.15, 0.2) is 10.8 Å². The fraction of sp³-hybridized carbons (Fsp3) is 0.455. The van der Waals surface area contributed by atoms with Gasteiger partial charge in [0.15, 0.2) is 0 Å². The van der Waals surface area contributed by atoms with E-state index < -0.39 is 0 Å². The van der Waals surface area contributed by atoms with Gasteiger partial charge in [-0.3, -0.25) is 0 Å². The molecule has 0 amide bonds. The topological polar surface area (TPSA) is 37.8 Å². The zero-order valence-electron chi connectivity index (χ0n) is 9.65. The molecule has 2 aromatic heterocycles. The Balaban J connectivity index is 2.19. The summed E-state index contributed by atoms with van der Waals surface area (Å²) >= 11 is 3.33. The average molecular weight is 253 g/mol. The van der Waals surface area contributed by atoms with Gasteiger partial charge in [0.25, 0.3) is 0 Å². The lowest BCUT2D eigenvalue weighted by Gasteiger charge is -2.07. The number of nitrogens with one attached hydrogen (secondary N) is 1. The van der Waals surface area contributed by atoms with E-state index in [2.05, 4.69) is 39.9 Å². The number of thiazole rings is 2. The van der Waals surface area contributed by atoms with E-state index in [1.807, 2.05) is 6.92 Å². The van der Waals surface area contributed by atoms with Gasteiger partial charge in [0.2, 0.25) is 0 Å². The summed E-state index contributed by atoms with van der Waals surface area (Å²) in [4.78, 5) is 9.06. The summed E-state index contributed by atoms with van der Waals surface area (Å²) in [6.45, 7) is 7.22. The van der Waals surface area contributed by atoms with E-state index in [1.165, 1.54) is 0 Å². The maximum atomic E-state index is 4.61. The highest BCUT2D eigenvalue weighted by Gasteiger charge is 2.11. The van der Waals surface area contributed by atoms with Gasteiger partial charge in [0.1, 0.15) is 10.7 Å². The Bertz CT molecular complexity index is 461. The fourth-order valence-corrected chi connectivity index (χ4v) is 3.02. The van der Waals surface area contributed by atoms with Crippen LogP contribution >= 0.6 is 22.7 Å². The standard InChI is InChI=1S/C11H15N3S2/c1-4-12-7(2)9-5-16-11(14-9)10-6-15-8(3)13-10/h5-7,12H,4H2,1-3H3. The van der Waals surface area contributed by atoms with Crippen molar-refractivity contribution < 1.29 is 0 Å². The Morgan fingerprint density at radius 3 is 2.75 bits per heavy atom. The predicted molar refractivity (Wildman–Crippen MR) is 70.1 cm³/mol. The second-order valence-corrected chi connectivity index (χ2v) is 5.53. The second-order valence-electron chi connectivity index (χ2n) is 3.61. The van der Waals surface area contributed by atoms with Crippen molar-refractivity contribution in [1.29, 1.82) is 0 Å². The maximum Gasteiger partial charge on any atom is 0.143 e. The summed E-state index contributed by atoms with van der Waals surface area (Å²) in [6, 6.07) is 0.315. The minimum atomic E-state index is 0.315. The molecule has 0 saturated heterocycles. The Kier molecular flexibility index (Phi) is 3.68. The molecule has 0 aliphatic rings. The molecule has 0 aliphatic carbocycles. The van der Waals surface area contributed by atoms with Gasteiger partial charge in [-0.15, -0.1) is 22.7 Å². The third-order valence-corrected chi connectivity index (χ3v) is 3.97. The molecule has 2 rings (SSSR count). The molecule has 0 radical (unpaired) electrons. The van der Waals surface area contributed by atoms with Crippen LogP contribution in [0.25, 0.3) is 10.7 Å². The molecule has 0 saturated carbocycles. The highest BCUT2D eigenvalue weighted by Crippen LogP contribution is 2.27. The van der Waals surface area contributed by atoms with Crippen molar-refractivity contribution in [2.75, 3.05) is 6.54 Å². The van der Waals surface area contributed by atoms with Crippen molar-refractivity contribution in [2.45, 2.75) is 26.8 Å². The highest BCUT2D eigenvalue weighted by molar-refractivity contribution is 7.14. The van der Waals surface area contributed by atoms with E-state index in [4.69, 9.17) is 0 Å². The summed E-state index contributed by atoms with van der Waals surface area (Å²) in [5.41, 5.74) is 2.11. The first-order valence-electron chi connectivity index (χ1n) is 5.32. The number of nitrogens with zero attached hydrogens (tertiary/aromatic N) is 2. The lowest BCUT2D eigenvalue weighted by Crippen LogP contribution is -2.17. The third kappa shape index (κ3) is 2.48. The first-order chi connectivity index (χ1) is 7.70. The third-order valence-electron chi connectivity index (χ3n) is 2.31. The van der Waals surface area contributed by atoms with Gasteiger partial charge in [-0.05, 0) is 20.4 Å². The summed E-state index contributed by atoms with van der Waals surface area (Å²) < 4.78 is 0. The van der Waals surface area contributed by atoms with Crippen LogP contribution in [0.3, 0.4) is 0 Å². The average Bonchev–Trinajstić information content (AvgIpc) is 2.85. The SMILES string of the molecule is CCNC(C)c1csc(-c2csc(C)n2)n1. The van der Waals surface area contributed by atoms with Crippen molar-refractivity contribution >= 4 is 22.7 Å². The number of aryl methyl sites for hydroxylation is 1. The number of hydrogen-bond donors (Lipinski definition) is 1. The first-order valence-corrected chi connectivity index (χ1v) is 7.08. The number of hydrogen-bond acceptors (Lipinski definition) is 5. The van der Waals surface area contributed by atoms with Crippen molar-refractivity contribution in [2.24, 2.45) is 0 Å². The molecule has 2 aromatic rings. The number of aromatic nitrogens is 2. The summed E-state index contributed by atoms with van der Waals surface area (Å²) in [7, 11) is 0. The van der Waals surface area contributed by atoms with Crippen LogP contribution in [-0.4, -0.2) is 16.5 Å². The molecule has 0 aromatic carbocycles. The smallest absolute Gasteiger partial charge is 0.143 e. The molecule has 0 aliphatic heterocycles. The molecular formula is C11H15N3S2. The Morgan fingerprint density at radius 2 is 2.12 bits per heavy atom. The van der Waals surface area contributed by atoms with E-state index in [0.29, 0.717) is 6.04 Å². The zero-order chi connectivity index (χ0) is 11.5. The van der Waals surface area contributed by atoms with E-state index in [9.17, 15) is 0 Å². The Morgan fingerprint density at radius 1 is 1.31 bits per heavy atom. The van der Waals surface area contributed by atoms with Crippen LogP contribution in [0.2, 0.25) is 0 Å². The monoisotopic (exact) mass is 253 g/mol. The van der Waals surface area contributed by atoms with Gasteiger partial charge in [0, 0.05) is 16.8 Å². The van der Waals surface area contributed by atoms with E-state index in [-0.39, 0.29) is 0 Å². The molecule has 0 fully saturated rings. The molecule has 1 atom stereocenters. The van der Waals surface area contributed by atoms with Gasteiger partial charge in [-0.1, -0.05) is 6.92 Å². The zero-order valence-corrected chi connectivity index (χ0v) is 11.3. The highest BCUT2D eigenvalue weighted by atomic mass is 32.1. The Hall–Kier alpha value is -0.780. The molecule has 16 heavy (non-hydrogen) atoms. The minimum absolute atomic E-state index is 0.315. The lowest BCUT2D eigenvalue weighted by molar-refractivity contribution is 0.587. The van der Waals surface area contributed by atoms with E-state index in [1.54, 1.807) is 22.7 Å². The molecule has 2 heterocycles. The normalized spacial score (nSPS) is 12.9. The lowest BCUT2D eigenvalue weighted by atomic mass is 10.2. The van der Waals surface area contributed by atoms with Gasteiger partial charge in [-0.2, -0.15) is 0 Å². The number of rotatable bonds is 4. The van der Waals surface area contributed by atoms with Crippen molar-refractivity contribution in [3.63, 3.8) is 0 Å². The quantitative estimate of drug-likeness (QED) is 0.909. The largest absolute Gasteiger partial charge is 0.309 e. The summed E-state index contributed by atoms with van der Waals surface area (Å²) in [6.07, 6.45) is 0. The molecule has 5 heteroatoms. The van der Waals surface area contributed by atoms with Crippen molar-refractivity contribution in [3.05, 3.63) is 21.5 Å². The molecule has 1 N–H and O–H groups in total. The molecule has 0 bridgehead atoms. The van der Waals surface area contributed by atoms with Gasteiger partial charge >= 0.3 is 0 Å².